The number of aliphatic hydroxyl groups excluding tert-OH is 5. The first-order chi connectivity index (χ1) is 6.07. The van der Waals surface area contributed by atoms with Gasteiger partial charge in [0.15, 0.2) is 6.29 Å². The molecule has 1 aliphatic rings. The summed E-state index contributed by atoms with van der Waals surface area (Å²) in [7, 11) is 0. The van der Waals surface area contributed by atoms with Crippen LogP contribution < -0.4 is 0 Å². The summed E-state index contributed by atoms with van der Waals surface area (Å²) in [5.41, 5.74) is 0. The third-order valence-electron chi connectivity index (χ3n) is 2.08. The first-order valence-corrected chi connectivity index (χ1v) is 4.06. The van der Waals surface area contributed by atoms with Gasteiger partial charge in [-0.05, 0) is 6.42 Å². The molecule has 5 atom stereocenters. The molecule has 0 radical (unpaired) electrons. The number of rotatable bonds is 3. The zero-order valence-corrected chi connectivity index (χ0v) is 6.95. The van der Waals surface area contributed by atoms with Gasteiger partial charge in [0.1, 0.15) is 18.3 Å². The molecule has 78 valence electrons. The second-order valence-electron chi connectivity index (χ2n) is 3.05. The summed E-state index contributed by atoms with van der Waals surface area (Å²) in [4.78, 5) is 0. The van der Waals surface area contributed by atoms with Gasteiger partial charge in [0.2, 0.25) is 0 Å². The Morgan fingerprint density at radius 3 is 2.15 bits per heavy atom. The van der Waals surface area contributed by atoms with Gasteiger partial charge < -0.3 is 30.3 Å². The van der Waals surface area contributed by atoms with Gasteiger partial charge in [-0.3, -0.25) is 0 Å². The van der Waals surface area contributed by atoms with Crippen molar-refractivity contribution in [2.24, 2.45) is 0 Å². The van der Waals surface area contributed by atoms with Crippen LogP contribution in [0.5, 0.6) is 0 Å². The Bertz CT molecular complexity index is 163. The molecule has 13 heavy (non-hydrogen) atoms. The molecule has 1 fully saturated rings. The van der Waals surface area contributed by atoms with E-state index in [2.05, 4.69) is 0 Å². The van der Waals surface area contributed by atoms with Gasteiger partial charge in [0, 0.05) is 6.61 Å². The molecule has 0 amide bonds. The first-order valence-electron chi connectivity index (χ1n) is 4.06. The average molecular weight is 194 g/mol. The molecule has 0 aromatic rings. The molecule has 0 aliphatic carbocycles. The van der Waals surface area contributed by atoms with Crippen LogP contribution in [0, 0.1) is 0 Å². The summed E-state index contributed by atoms with van der Waals surface area (Å²) >= 11 is 0. The van der Waals surface area contributed by atoms with Crippen molar-refractivity contribution in [3.8, 4) is 0 Å². The Morgan fingerprint density at radius 1 is 1.15 bits per heavy atom. The normalized spacial score (nSPS) is 42.2. The Hall–Kier alpha value is -0.240. The lowest BCUT2D eigenvalue weighted by molar-refractivity contribution is -0.147. The molecule has 0 aromatic carbocycles. The van der Waals surface area contributed by atoms with E-state index in [-0.39, 0.29) is 13.0 Å². The van der Waals surface area contributed by atoms with Gasteiger partial charge in [-0.1, -0.05) is 0 Å². The van der Waals surface area contributed by atoms with Crippen LogP contribution in [0.1, 0.15) is 6.42 Å². The Morgan fingerprint density at radius 2 is 1.77 bits per heavy atom. The fraction of sp³-hybridized carbons (Fsp3) is 1.00. The van der Waals surface area contributed by atoms with Crippen LogP contribution in [0.3, 0.4) is 0 Å². The molecule has 5 N–H and O–H groups in total. The molecule has 1 heterocycles. The highest BCUT2D eigenvalue weighted by atomic mass is 16.6. The average Bonchev–Trinajstić information content (AvgIpc) is 2.33. The van der Waals surface area contributed by atoms with Crippen molar-refractivity contribution in [1.82, 2.24) is 0 Å². The second kappa shape index (κ2) is 4.32. The van der Waals surface area contributed by atoms with E-state index in [1.807, 2.05) is 0 Å². The summed E-state index contributed by atoms with van der Waals surface area (Å²) in [5.74, 6) is 0. The van der Waals surface area contributed by atoms with E-state index in [4.69, 9.17) is 20.1 Å². The van der Waals surface area contributed by atoms with Crippen molar-refractivity contribution in [3.05, 3.63) is 0 Å². The molecule has 0 bridgehead atoms. The van der Waals surface area contributed by atoms with Crippen LogP contribution in [-0.4, -0.2) is 62.8 Å². The van der Waals surface area contributed by atoms with Crippen molar-refractivity contribution in [3.63, 3.8) is 0 Å². The Balaban J connectivity index is 2.52. The summed E-state index contributed by atoms with van der Waals surface area (Å²) in [6, 6.07) is 0. The maximum absolute atomic E-state index is 9.29. The predicted molar refractivity (Wildman–Crippen MR) is 40.6 cm³/mol. The number of ether oxygens (including phenoxy) is 1. The molecule has 0 spiro atoms. The topological polar surface area (TPSA) is 110 Å². The Kier molecular flexibility index (Phi) is 3.60. The molecule has 5 unspecified atom stereocenters. The molecule has 0 aromatic heterocycles. The van der Waals surface area contributed by atoms with Crippen LogP contribution in [0.15, 0.2) is 0 Å². The molecular weight excluding hydrogens is 180 g/mol. The molecule has 6 nitrogen and oxygen atoms in total. The lowest BCUT2D eigenvalue weighted by atomic mass is 10.0. The van der Waals surface area contributed by atoms with E-state index in [1.165, 1.54) is 0 Å². The molecule has 6 heteroatoms. The fourth-order valence-corrected chi connectivity index (χ4v) is 1.30. The van der Waals surface area contributed by atoms with Crippen molar-refractivity contribution < 1.29 is 30.3 Å². The van der Waals surface area contributed by atoms with Crippen LogP contribution >= 0.6 is 0 Å². The van der Waals surface area contributed by atoms with E-state index in [9.17, 15) is 10.2 Å². The predicted octanol–water partition coefficient (Wildman–Crippen LogP) is -2.83. The van der Waals surface area contributed by atoms with Crippen LogP contribution in [0.4, 0.5) is 0 Å². The number of hydrogen-bond donors (Lipinski definition) is 5. The lowest BCUT2D eigenvalue weighted by Crippen LogP contribution is -2.39. The standard InChI is InChI=1S/C7H14O6/c8-2-1-3(9)6-4(10)5(11)7(12)13-6/h3-12H,1-2H2. The quantitative estimate of drug-likeness (QED) is 0.331. The zero-order valence-electron chi connectivity index (χ0n) is 6.95. The maximum Gasteiger partial charge on any atom is 0.184 e. The van der Waals surface area contributed by atoms with Crippen molar-refractivity contribution in [2.45, 2.75) is 37.1 Å². The highest BCUT2D eigenvalue weighted by Gasteiger charge is 2.44. The number of hydrogen-bond acceptors (Lipinski definition) is 6. The largest absolute Gasteiger partial charge is 0.396 e. The summed E-state index contributed by atoms with van der Waals surface area (Å²) in [6.07, 6.45) is -6.31. The first kappa shape index (κ1) is 10.8. The molecular formula is C7H14O6. The van der Waals surface area contributed by atoms with Gasteiger partial charge in [-0.15, -0.1) is 0 Å². The minimum absolute atomic E-state index is 0.0289. The molecule has 1 aliphatic heterocycles. The van der Waals surface area contributed by atoms with Crippen LogP contribution in [0.2, 0.25) is 0 Å². The van der Waals surface area contributed by atoms with Crippen molar-refractivity contribution >= 4 is 0 Å². The minimum atomic E-state index is -1.48. The van der Waals surface area contributed by atoms with Gasteiger partial charge in [0.05, 0.1) is 6.10 Å². The minimum Gasteiger partial charge on any atom is -0.396 e. The van der Waals surface area contributed by atoms with E-state index >= 15 is 0 Å². The molecule has 1 saturated heterocycles. The summed E-state index contributed by atoms with van der Waals surface area (Å²) in [5, 5.41) is 45.0. The summed E-state index contributed by atoms with van der Waals surface area (Å²) < 4.78 is 4.69. The second-order valence-corrected chi connectivity index (χ2v) is 3.05. The third kappa shape index (κ3) is 2.16. The van der Waals surface area contributed by atoms with Crippen LogP contribution in [-0.2, 0) is 4.74 Å². The van der Waals surface area contributed by atoms with Gasteiger partial charge in [-0.25, -0.2) is 0 Å². The van der Waals surface area contributed by atoms with Crippen molar-refractivity contribution in [1.29, 1.82) is 0 Å². The lowest BCUT2D eigenvalue weighted by Gasteiger charge is -2.19. The molecule has 0 saturated carbocycles. The van der Waals surface area contributed by atoms with Crippen LogP contribution in [0.25, 0.3) is 0 Å². The van der Waals surface area contributed by atoms with E-state index in [1.54, 1.807) is 0 Å². The van der Waals surface area contributed by atoms with E-state index in [0.29, 0.717) is 0 Å². The van der Waals surface area contributed by atoms with E-state index in [0.717, 1.165) is 0 Å². The maximum atomic E-state index is 9.29. The van der Waals surface area contributed by atoms with Gasteiger partial charge in [0.25, 0.3) is 0 Å². The highest BCUT2D eigenvalue weighted by molar-refractivity contribution is 4.89. The van der Waals surface area contributed by atoms with Gasteiger partial charge >= 0.3 is 0 Å². The Labute approximate surface area is 75.0 Å². The zero-order chi connectivity index (χ0) is 10.0. The van der Waals surface area contributed by atoms with Crippen molar-refractivity contribution in [2.75, 3.05) is 6.61 Å². The van der Waals surface area contributed by atoms with E-state index < -0.39 is 30.7 Å². The SMILES string of the molecule is OCCC(O)C1OC(O)C(O)C1O. The summed E-state index contributed by atoms with van der Waals surface area (Å²) in [6.45, 7) is -0.250. The third-order valence-corrected chi connectivity index (χ3v) is 2.08. The highest BCUT2D eigenvalue weighted by Crippen LogP contribution is 2.23. The number of aliphatic hydroxyl groups is 5. The molecule has 1 rings (SSSR count). The monoisotopic (exact) mass is 194 g/mol. The fourth-order valence-electron chi connectivity index (χ4n) is 1.30. The smallest absolute Gasteiger partial charge is 0.184 e. The van der Waals surface area contributed by atoms with Gasteiger partial charge in [-0.2, -0.15) is 0 Å².